The third kappa shape index (κ3) is 2.54. The van der Waals surface area contributed by atoms with Gasteiger partial charge in [-0.25, -0.2) is 0 Å². The second-order valence-corrected chi connectivity index (χ2v) is 7.99. The number of furan rings is 1. The monoisotopic (exact) mass is 468 g/mol. The molecule has 0 fully saturated rings. The van der Waals surface area contributed by atoms with Crippen LogP contribution in [0, 0.1) is 0 Å². The SMILES string of the molecule is Brc1ccc(C(c2ccc(Br)[nH]2)c2cccc3c2oc2ccccc23)[nH]1. The molecule has 0 bridgehead atoms. The van der Waals surface area contributed by atoms with Crippen LogP contribution in [0.5, 0.6) is 0 Å². The van der Waals surface area contributed by atoms with Crippen molar-refractivity contribution in [2.24, 2.45) is 0 Å². The first kappa shape index (κ1) is 16.0. The minimum Gasteiger partial charge on any atom is -0.456 e. The van der Waals surface area contributed by atoms with Gasteiger partial charge in [-0.15, -0.1) is 0 Å². The molecular weight excluding hydrogens is 456 g/mol. The summed E-state index contributed by atoms with van der Waals surface area (Å²) in [4.78, 5) is 6.84. The van der Waals surface area contributed by atoms with Crippen LogP contribution < -0.4 is 0 Å². The summed E-state index contributed by atoms with van der Waals surface area (Å²) in [7, 11) is 0. The molecule has 0 aliphatic heterocycles. The van der Waals surface area contributed by atoms with E-state index >= 15 is 0 Å². The maximum atomic E-state index is 6.27. The number of hydrogen-bond donors (Lipinski definition) is 2. The molecule has 0 atom stereocenters. The molecule has 5 rings (SSSR count). The van der Waals surface area contributed by atoms with Crippen molar-refractivity contribution in [2.75, 3.05) is 0 Å². The summed E-state index contributed by atoms with van der Waals surface area (Å²) in [6, 6.07) is 22.8. The van der Waals surface area contributed by atoms with Gasteiger partial charge in [0.15, 0.2) is 0 Å². The summed E-state index contributed by atoms with van der Waals surface area (Å²) in [5.74, 6) is 0.0110. The van der Waals surface area contributed by atoms with Crippen molar-refractivity contribution in [3.63, 3.8) is 0 Å². The highest BCUT2D eigenvalue weighted by Gasteiger charge is 2.24. The Kier molecular flexibility index (Phi) is 3.80. The van der Waals surface area contributed by atoms with E-state index < -0.39 is 0 Å². The fourth-order valence-corrected chi connectivity index (χ4v) is 4.33. The summed E-state index contributed by atoms with van der Waals surface area (Å²) in [5.41, 5.74) is 5.16. The van der Waals surface area contributed by atoms with Gasteiger partial charge in [0.1, 0.15) is 11.2 Å². The van der Waals surface area contributed by atoms with E-state index in [-0.39, 0.29) is 5.92 Å². The van der Waals surface area contributed by atoms with Crippen molar-refractivity contribution < 1.29 is 4.42 Å². The molecule has 3 nitrogen and oxygen atoms in total. The van der Waals surface area contributed by atoms with Crippen molar-refractivity contribution in [1.29, 1.82) is 0 Å². The predicted octanol–water partition coefficient (Wildman–Crippen LogP) is 6.95. The average molecular weight is 470 g/mol. The second kappa shape index (κ2) is 6.18. The third-order valence-electron chi connectivity index (χ3n) is 4.71. The number of para-hydroxylation sites is 2. The van der Waals surface area contributed by atoms with E-state index in [1.165, 1.54) is 0 Å². The van der Waals surface area contributed by atoms with Gasteiger partial charge in [-0.05, 0) is 62.2 Å². The van der Waals surface area contributed by atoms with Crippen LogP contribution in [0.25, 0.3) is 21.9 Å². The molecule has 2 aromatic carbocycles. The number of aromatic amines is 2. The lowest BCUT2D eigenvalue weighted by Crippen LogP contribution is -2.04. The summed E-state index contributed by atoms with van der Waals surface area (Å²) in [6.45, 7) is 0. The predicted molar refractivity (Wildman–Crippen MR) is 112 cm³/mol. The molecule has 0 saturated carbocycles. The van der Waals surface area contributed by atoms with Crippen LogP contribution >= 0.6 is 31.9 Å². The highest BCUT2D eigenvalue weighted by molar-refractivity contribution is 9.10. The third-order valence-corrected chi connectivity index (χ3v) is 5.64. The van der Waals surface area contributed by atoms with E-state index in [9.17, 15) is 0 Å². The summed E-state index contributed by atoms with van der Waals surface area (Å²) in [6.07, 6.45) is 0. The smallest absolute Gasteiger partial charge is 0.139 e. The van der Waals surface area contributed by atoms with Crippen LogP contribution in [-0.2, 0) is 0 Å². The average Bonchev–Trinajstić information content (AvgIpc) is 3.35. The Balaban J connectivity index is 1.81. The van der Waals surface area contributed by atoms with Crippen LogP contribution in [0.4, 0.5) is 0 Å². The Morgan fingerprint density at radius 3 is 2.00 bits per heavy atom. The Morgan fingerprint density at radius 1 is 0.692 bits per heavy atom. The maximum Gasteiger partial charge on any atom is 0.139 e. The quantitative estimate of drug-likeness (QED) is 0.295. The van der Waals surface area contributed by atoms with Gasteiger partial charge in [0.25, 0.3) is 0 Å². The number of benzene rings is 2. The van der Waals surface area contributed by atoms with E-state index in [1.54, 1.807) is 0 Å². The van der Waals surface area contributed by atoms with E-state index in [0.717, 1.165) is 48.1 Å². The van der Waals surface area contributed by atoms with Crippen molar-refractivity contribution >= 4 is 53.8 Å². The number of fused-ring (bicyclic) bond motifs is 3. The molecule has 3 aromatic heterocycles. The number of hydrogen-bond acceptors (Lipinski definition) is 1. The topological polar surface area (TPSA) is 44.7 Å². The van der Waals surface area contributed by atoms with Crippen LogP contribution in [0.15, 0.2) is 80.4 Å². The fourth-order valence-electron chi connectivity index (χ4n) is 3.60. The van der Waals surface area contributed by atoms with E-state index in [4.69, 9.17) is 4.42 Å². The normalized spacial score (nSPS) is 11.8. The number of rotatable bonds is 3. The Morgan fingerprint density at radius 2 is 1.35 bits per heavy atom. The molecule has 5 aromatic rings. The van der Waals surface area contributed by atoms with Gasteiger partial charge < -0.3 is 14.4 Å². The first-order chi connectivity index (χ1) is 12.7. The van der Waals surface area contributed by atoms with Crippen molar-refractivity contribution in [3.8, 4) is 0 Å². The molecule has 0 radical (unpaired) electrons. The highest BCUT2D eigenvalue weighted by atomic mass is 79.9. The van der Waals surface area contributed by atoms with E-state index in [2.05, 4.69) is 78.2 Å². The first-order valence-electron chi connectivity index (χ1n) is 8.29. The Bertz CT molecular complexity index is 1190. The Labute approximate surface area is 166 Å². The highest BCUT2D eigenvalue weighted by Crippen LogP contribution is 2.39. The van der Waals surface area contributed by atoms with E-state index in [1.807, 2.05) is 30.3 Å². The zero-order valence-electron chi connectivity index (χ0n) is 13.6. The molecule has 0 unspecified atom stereocenters. The molecule has 0 saturated heterocycles. The van der Waals surface area contributed by atoms with Crippen molar-refractivity contribution in [3.05, 3.63) is 92.9 Å². The van der Waals surface area contributed by atoms with Crippen LogP contribution in [-0.4, -0.2) is 9.97 Å². The molecule has 3 heterocycles. The fraction of sp³-hybridized carbons (Fsp3) is 0.0476. The number of H-pyrrole nitrogens is 2. The largest absolute Gasteiger partial charge is 0.456 e. The molecule has 5 heteroatoms. The first-order valence-corrected chi connectivity index (χ1v) is 9.88. The summed E-state index contributed by atoms with van der Waals surface area (Å²) >= 11 is 7.06. The molecule has 0 spiro atoms. The van der Waals surface area contributed by atoms with Gasteiger partial charge in [0.05, 0.1) is 15.1 Å². The van der Waals surface area contributed by atoms with Gasteiger partial charge in [0.2, 0.25) is 0 Å². The molecular formula is C21H14Br2N2O. The van der Waals surface area contributed by atoms with Crippen molar-refractivity contribution in [1.82, 2.24) is 9.97 Å². The van der Waals surface area contributed by atoms with Crippen LogP contribution in [0.3, 0.4) is 0 Å². The molecule has 0 aliphatic rings. The molecule has 0 amide bonds. The minimum atomic E-state index is 0.0110. The zero-order chi connectivity index (χ0) is 17.7. The molecule has 2 N–H and O–H groups in total. The maximum absolute atomic E-state index is 6.27. The van der Waals surface area contributed by atoms with Gasteiger partial charge in [0, 0.05) is 27.7 Å². The summed E-state index contributed by atoms with van der Waals surface area (Å²) < 4.78 is 8.19. The lowest BCUT2D eigenvalue weighted by Gasteiger charge is -2.16. The molecule has 128 valence electrons. The standard InChI is InChI=1S/C21H14Br2N2O/c22-18-10-8-15(24-18)20(16-9-11-19(23)25-16)14-6-3-5-13-12-4-1-2-7-17(12)26-21(13)14/h1-11,20,24-25H. The molecule has 26 heavy (non-hydrogen) atoms. The number of halogens is 2. The van der Waals surface area contributed by atoms with Crippen LogP contribution in [0.2, 0.25) is 0 Å². The number of aromatic nitrogens is 2. The van der Waals surface area contributed by atoms with Gasteiger partial charge in [-0.3, -0.25) is 0 Å². The number of nitrogens with one attached hydrogen (secondary N) is 2. The van der Waals surface area contributed by atoms with Crippen molar-refractivity contribution in [2.45, 2.75) is 5.92 Å². The second-order valence-electron chi connectivity index (χ2n) is 6.28. The van der Waals surface area contributed by atoms with Crippen LogP contribution in [0.1, 0.15) is 22.9 Å². The van der Waals surface area contributed by atoms with E-state index in [0.29, 0.717) is 0 Å². The van der Waals surface area contributed by atoms with Gasteiger partial charge >= 0.3 is 0 Å². The zero-order valence-corrected chi connectivity index (χ0v) is 16.8. The molecule has 0 aliphatic carbocycles. The summed E-state index contributed by atoms with van der Waals surface area (Å²) in [5, 5.41) is 2.28. The lowest BCUT2D eigenvalue weighted by atomic mass is 9.91. The Hall–Kier alpha value is -2.24. The lowest BCUT2D eigenvalue weighted by molar-refractivity contribution is 0.659. The van der Waals surface area contributed by atoms with Gasteiger partial charge in [-0.2, -0.15) is 0 Å². The minimum absolute atomic E-state index is 0.0110. The van der Waals surface area contributed by atoms with Gasteiger partial charge in [-0.1, -0.05) is 36.4 Å².